The topological polar surface area (TPSA) is 305 Å². The fourth-order valence-corrected chi connectivity index (χ4v) is 4.02. The van der Waals surface area contributed by atoms with Crippen LogP contribution in [0, 0.1) is 0 Å². The molecule has 3 aliphatic heterocycles. The third-order valence-electron chi connectivity index (χ3n) is 6.59. The molecule has 17 heteroatoms. The number of nitrogens with zero attached hydrogens (tertiary/aromatic N) is 3. The zero-order chi connectivity index (χ0) is 29.3. The van der Waals surface area contributed by atoms with Crippen LogP contribution in [0.15, 0.2) is 5.11 Å². The molecule has 3 rings (SSSR count). The van der Waals surface area contributed by atoms with Crippen LogP contribution in [0.4, 0.5) is 0 Å². The van der Waals surface area contributed by atoms with Gasteiger partial charge in [0.05, 0.1) is 43.7 Å². The molecule has 0 saturated carbocycles. The van der Waals surface area contributed by atoms with Crippen molar-refractivity contribution in [1.82, 2.24) is 0 Å². The first-order valence-corrected chi connectivity index (χ1v) is 12.1. The summed E-state index contributed by atoms with van der Waals surface area (Å²) in [6, 6.07) is 0. The van der Waals surface area contributed by atoms with Gasteiger partial charge in [-0.05, 0) is 26.3 Å². The molecule has 0 aromatic rings. The van der Waals surface area contributed by atoms with Gasteiger partial charge in [-0.2, -0.15) is 0 Å². The fourth-order valence-electron chi connectivity index (χ4n) is 4.02. The lowest BCUT2D eigenvalue weighted by Gasteiger charge is -2.38. The molecule has 0 aliphatic carbocycles. The summed E-state index contributed by atoms with van der Waals surface area (Å²) in [4.78, 5) is 2.52. The van der Waals surface area contributed by atoms with E-state index >= 15 is 0 Å². The molecule has 6 unspecified atom stereocenters. The monoisotopic (exact) mass is 558 g/mol. The summed E-state index contributed by atoms with van der Waals surface area (Å²) in [7, 11) is 0. The van der Waals surface area contributed by atoms with Crippen LogP contribution in [0.5, 0.6) is 0 Å². The first-order valence-electron chi connectivity index (χ1n) is 12.1. The van der Waals surface area contributed by atoms with E-state index < -0.39 is 91.6 Å². The van der Waals surface area contributed by atoms with Gasteiger partial charge in [0.15, 0.2) is 0 Å². The van der Waals surface area contributed by atoms with Gasteiger partial charge in [0.25, 0.3) is 0 Å². The smallest absolute Gasteiger partial charge is 0.111 e. The van der Waals surface area contributed by atoms with Crippen molar-refractivity contribution in [2.75, 3.05) is 19.7 Å². The molecular formula is C21H42N4O13. The first-order chi connectivity index (χ1) is 17.7. The van der Waals surface area contributed by atoms with E-state index in [1.54, 1.807) is 20.8 Å². The molecule has 15 atom stereocenters. The minimum Gasteiger partial charge on any atom is -0.394 e. The molecule has 224 valence electrons. The van der Waals surface area contributed by atoms with Crippen LogP contribution in [0.25, 0.3) is 10.4 Å². The molecule has 0 aromatic carbocycles. The Hall–Kier alpha value is -1.25. The Morgan fingerprint density at radius 3 is 1.32 bits per heavy atom. The van der Waals surface area contributed by atoms with Crippen LogP contribution < -0.4 is 5.73 Å². The van der Waals surface area contributed by atoms with E-state index in [2.05, 4.69) is 10.0 Å². The highest BCUT2D eigenvalue weighted by Gasteiger charge is 2.42. The summed E-state index contributed by atoms with van der Waals surface area (Å²) in [5.41, 5.74) is 13.4. The molecule has 0 bridgehead atoms. The molecule has 17 nitrogen and oxygen atoms in total. The Bertz CT molecular complexity index is 692. The maximum atomic E-state index is 9.43. The maximum Gasteiger partial charge on any atom is 0.111 e. The summed E-state index contributed by atoms with van der Waals surface area (Å²) in [5, 5.41) is 95.6. The summed E-state index contributed by atoms with van der Waals surface area (Å²) in [6.07, 6.45) is -14.3. The lowest BCUT2D eigenvalue weighted by molar-refractivity contribution is -0.224. The highest BCUT2D eigenvalue weighted by atomic mass is 16.6. The molecular weight excluding hydrogens is 516 g/mol. The third-order valence-corrected chi connectivity index (χ3v) is 6.59. The normalized spacial score (nSPS) is 46.9. The second kappa shape index (κ2) is 16.1. The lowest BCUT2D eigenvalue weighted by atomic mass is 9.96. The highest BCUT2D eigenvalue weighted by molar-refractivity contribution is 4.92. The van der Waals surface area contributed by atoms with Crippen molar-refractivity contribution < 1.29 is 65.3 Å². The number of aliphatic hydroxyl groups excluding tert-OH is 10. The number of azide groups is 1. The predicted octanol–water partition coefficient (Wildman–Crippen LogP) is -5.17. The van der Waals surface area contributed by atoms with Crippen LogP contribution in [0.3, 0.4) is 0 Å². The number of nitrogens with two attached hydrogens (primary N) is 1. The van der Waals surface area contributed by atoms with Gasteiger partial charge in [-0.1, -0.05) is 5.11 Å². The molecule has 3 saturated heterocycles. The molecule has 0 spiro atoms. The van der Waals surface area contributed by atoms with E-state index in [4.69, 9.17) is 30.6 Å². The number of rotatable bonds is 4. The highest BCUT2D eigenvalue weighted by Crippen LogP contribution is 2.22. The van der Waals surface area contributed by atoms with Crippen LogP contribution >= 0.6 is 0 Å². The van der Waals surface area contributed by atoms with Crippen molar-refractivity contribution in [2.24, 2.45) is 10.8 Å². The van der Waals surface area contributed by atoms with Gasteiger partial charge in [-0.25, -0.2) is 0 Å². The molecule has 12 N–H and O–H groups in total. The summed E-state index contributed by atoms with van der Waals surface area (Å²) < 4.78 is 15.3. The van der Waals surface area contributed by atoms with Crippen LogP contribution in [-0.2, 0) is 14.2 Å². The average molecular weight is 559 g/mol. The number of hydrogen-bond donors (Lipinski definition) is 11. The van der Waals surface area contributed by atoms with Crippen molar-refractivity contribution in [3.63, 3.8) is 0 Å². The molecule has 3 fully saturated rings. The van der Waals surface area contributed by atoms with E-state index in [-0.39, 0.29) is 19.7 Å². The fraction of sp³-hybridized carbons (Fsp3) is 1.00. The summed E-state index contributed by atoms with van der Waals surface area (Å²) in [6.45, 7) is 4.48. The van der Waals surface area contributed by atoms with E-state index in [1.165, 1.54) is 0 Å². The van der Waals surface area contributed by atoms with Crippen molar-refractivity contribution in [3.05, 3.63) is 10.4 Å². The van der Waals surface area contributed by atoms with Gasteiger partial charge in [0, 0.05) is 11.5 Å². The number of hydrogen-bond acceptors (Lipinski definition) is 15. The lowest BCUT2D eigenvalue weighted by Crippen LogP contribution is -2.58. The first kappa shape index (κ1) is 34.8. The zero-order valence-corrected chi connectivity index (χ0v) is 21.4. The van der Waals surface area contributed by atoms with Gasteiger partial charge >= 0.3 is 0 Å². The van der Waals surface area contributed by atoms with Crippen LogP contribution in [0.1, 0.15) is 20.8 Å². The molecule has 3 heterocycles. The summed E-state index contributed by atoms with van der Waals surface area (Å²) in [5.74, 6) is 0. The quantitative estimate of drug-likeness (QED) is 0.0873. The van der Waals surface area contributed by atoms with Gasteiger partial charge in [0.2, 0.25) is 0 Å². The maximum absolute atomic E-state index is 9.43. The van der Waals surface area contributed by atoms with Crippen molar-refractivity contribution in [1.29, 1.82) is 0 Å². The van der Waals surface area contributed by atoms with Gasteiger partial charge in [0.1, 0.15) is 61.0 Å². The Labute approximate surface area is 219 Å². The standard InChI is InChI=1S/C7H13N3O4.C7H15NO4.C7H14O5/c1-3-5(11)7(13)6(12)4(14-3)2-9-10-8;2*1-3-5(9)7(11)6(10)4(2-8)12-3/h3-7,11-13H,2H2,1H3;3-7,9-11H,2,8H2,1H3;3-11H,2H2,1H3/t3*3-,4?,5?,6+,7+/m000/s1. The second-order valence-corrected chi connectivity index (χ2v) is 9.39. The molecule has 0 amide bonds. The zero-order valence-electron chi connectivity index (χ0n) is 21.4. The largest absolute Gasteiger partial charge is 0.394 e. The Balaban J connectivity index is 0.000000286. The van der Waals surface area contributed by atoms with E-state index in [1.807, 2.05) is 0 Å². The van der Waals surface area contributed by atoms with Crippen molar-refractivity contribution >= 4 is 0 Å². The average Bonchev–Trinajstić information content (AvgIpc) is 2.91. The van der Waals surface area contributed by atoms with E-state index in [0.29, 0.717) is 0 Å². The van der Waals surface area contributed by atoms with Crippen molar-refractivity contribution in [2.45, 2.75) is 112 Å². The van der Waals surface area contributed by atoms with Crippen LogP contribution in [0.2, 0.25) is 0 Å². The molecule has 0 aromatic heterocycles. The molecule has 0 radical (unpaired) electrons. The minimum absolute atomic E-state index is 0.0637. The van der Waals surface area contributed by atoms with Gasteiger partial charge in [-0.15, -0.1) is 0 Å². The number of aliphatic hydroxyl groups is 10. The predicted molar refractivity (Wildman–Crippen MR) is 127 cm³/mol. The Morgan fingerprint density at radius 2 is 0.947 bits per heavy atom. The van der Waals surface area contributed by atoms with Gasteiger partial charge in [-0.3, -0.25) is 0 Å². The Morgan fingerprint density at radius 1 is 0.605 bits per heavy atom. The minimum atomic E-state index is -1.27. The molecule has 3 aliphatic rings. The third kappa shape index (κ3) is 8.88. The van der Waals surface area contributed by atoms with E-state index in [9.17, 15) is 46.0 Å². The molecule has 38 heavy (non-hydrogen) atoms. The number of ether oxygens (including phenoxy) is 3. The SMILES string of the molecule is C[C@@H]1OC(CN)[C@@H](O)[C@H](O)C1O.C[C@@H]1OC(CN=[N+]=[N-])[C@@H](O)[C@H](O)C1O.C[C@@H]1OC(CO)[C@@H](O)[C@H](O)C1O. The van der Waals surface area contributed by atoms with Gasteiger partial charge < -0.3 is 71.0 Å². The summed E-state index contributed by atoms with van der Waals surface area (Å²) >= 11 is 0. The second-order valence-electron chi connectivity index (χ2n) is 9.39. The van der Waals surface area contributed by atoms with Crippen molar-refractivity contribution in [3.8, 4) is 0 Å². The van der Waals surface area contributed by atoms with E-state index in [0.717, 1.165) is 0 Å². The Kier molecular flexibility index (Phi) is 14.8. The van der Waals surface area contributed by atoms with Crippen LogP contribution in [-0.4, -0.2) is 162 Å².